The molecule has 6 aromatic carbocycles. The number of aliphatic hydroxyl groups is 2. The number of ketones is 2. The van der Waals surface area contributed by atoms with Gasteiger partial charge in [-0.2, -0.15) is 8.78 Å². The summed E-state index contributed by atoms with van der Waals surface area (Å²) in [6.07, 6.45) is -6.94. The molecule has 1 fully saturated rings. The van der Waals surface area contributed by atoms with E-state index in [1.807, 2.05) is 60.7 Å². The predicted octanol–water partition coefficient (Wildman–Crippen LogP) is 8.78. The van der Waals surface area contributed by atoms with Crippen LogP contribution in [0.15, 0.2) is 158 Å². The lowest BCUT2D eigenvalue weighted by atomic mass is 9.95. The van der Waals surface area contributed by atoms with Crippen molar-refractivity contribution in [1.82, 2.24) is 0 Å². The molecule has 12 heteroatoms. The predicted molar refractivity (Wildman–Crippen MR) is 200 cm³/mol. The van der Waals surface area contributed by atoms with E-state index in [-0.39, 0.29) is 28.0 Å². The molecule has 1 heterocycles. The van der Waals surface area contributed by atoms with Gasteiger partial charge in [-0.3, -0.25) is 9.59 Å². The van der Waals surface area contributed by atoms with Gasteiger partial charge in [0, 0.05) is 22.3 Å². The molecular weight excluding hydrogens is 729 g/mol. The minimum atomic E-state index is -5.20. The van der Waals surface area contributed by atoms with Gasteiger partial charge in [-0.25, -0.2) is 9.09 Å². The van der Waals surface area contributed by atoms with Crippen LogP contribution in [0.5, 0.6) is 11.5 Å². The number of benzene rings is 6. The number of hydrogen-bond donors (Lipinski definition) is 2. The number of alkyl halides is 2. The SMILES string of the molecule is O=C(c1ccc(-c2ccccc2)cc1)c1cc(OP(=O)(Oc2ccccc2)O[C@@H]2O[C@H](CO)[C@@H](O)C2(F)F)cc(C(=O)c2ccc(-c3ccccc3)cc2)c1. The fourth-order valence-electron chi connectivity index (χ4n) is 6.00. The van der Waals surface area contributed by atoms with E-state index in [1.165, 1.54) is 42.5 Å². The number of aliphatic hydroxyl groups excluding tert-OH is 2. The largest absolute Gasteiger partial charge is 0.590 e. The van der Waals surface area contributed by atoms with Crippen molar-refractivity contribution in [2.45, 2.75) is 24.4 Å². The second kappa shape index (κ2) is 15.9. The fourth-order valence-corrected chi connectivity index (χ4v) is 7.30. The molecule has 0 radical (unpaired) electrons. The summed E-state index contributed by atoms with van der Waals surface area (Å²) in [5, 5.41) is 19.6. The number of halogens is 2. The molecule has 9 nitrogen and oxygen atoms in total. The molecule has 1 aliphatic heterocycles. The first-order chi connectivity index (χ1) is 26.5. The Morgan fingerprint density at radius 1 is 0.600 bits per heavy atom. The van der Waals surface area contributed by atoms with Crippen LogP contribution in [0, 0.1) is 0 Å². The van der Waals surface area contributed by atoms with E-state index in [9.17, 15) is 24.4 Å². The number of hydrogen-bond acceptors (Lipinski definition) is 9. The van der Waals surface area contributed by atoms with Crippen molar-refractivity contribution in [2.24, 2.45) is 0 Å². The number of carbonyl (C=O) groups excluding carboxylic acids is 2. The summed E-state index contributed by atoms with van der Waals surface area (Å²) in [6.45, 7) is -0.990. The molecule has 278 valence electrons. The van der Waals surface area contributed by atoms with Gasteiger partial charge in [0.2, 0.25) is 6.29 Å². The van der Waals surface area contributed by atoms with Crippen LogP contribution in [-0.4, -0.2) is 52.8 Å². The molecule has 0 spiro atoms. The first-order valence-corrected chi connectivity index (χ1v) is 18.6. The lowest BCUT2D eigenvalue weighted by Gasteiger charge is -2.25. The van der Waals surface area contributed by atoms with E-state index in [4.69, 9.17) is 18.3 Å². The van der Waals surface area contributed by atoms with E-state index >= 15 is 8.78 Å². The molecule has 0 bridgehead atoms. The van der Waals surface area contributed by atoms with Gasteiger partial charge < -0.3 is 24.0 Å². The monoisotopic (exact) mass is 762 g/mol. The summed E-state index contributed by atoms with van der Waals surface area (Å²) in [4.78, 5) is 28.0. The van der Waals surface area contributed by atoms with Crippen LogP contribution in [0.4, 0.5) is 8.78 Å². The molecule has 1 aliphatic rings. The number of carbonyl (C=O) groups is 2. The summed E-state index contributed by atoms with van der Waals surface area (Å²) in [6, 6.07) is 43.8. The zero-order valence-electron chi connectivity index (χ0n) is 28.9. The highest BCUT2D eigenvalue weighted by Gasteiger charge is 2.62. The first-order valence-electron chi connectivity index (χ1n) is 17.1. The Labute approximate surface area is 315 Å². The van der Waals surface area contributed by atoms with Gasteiger partial charge in [-0.1, -0.05) is 127 Å². The van der Waals surface area contributed by atoms with Gasteiger partial charge in [0.1, 0.15) is 17.6 Å². The molecule has 55 heavy (non-hydrogen) atoms. The Bertz CT molecular complexity index is 2210. The van der Waals surface area contributed by atoms with Crippen LogP contribution < -0.4 is 9.05 Å². The summed E-state index contributed by atoms with van der Waals surface area (Å²) >= 11 is 0. The maximum absolute atomic E-state index is 15.1. The standard InChI is InChI=1S/C43H33F2O9P/c44-43(45)41(49)38(27-46)51-42(43)54-55(50,52-36-14-8-3-9-15-36)53-37-25-34(39(47)32-20-16-30(17-21-32)28-10-4-1-5-11-28)24-35(26-37)40(48)33-22-18-31(19-23-33)29-12-6-2-7-13-29/h1-26,38,41-42,46,49H,27H2/t38-,41-,42+,55?/m1/s1. The van der Waals surface area contributed by atoms with Crippen molar-refractivity contribution >= 4 is 19.4 Å². The fraction of sp³-hybridized carbons (Fsp3) is 0.116. The van der Waals surface area contributed by atoms with Crippen LogP contribution in [0.1, 0.15) is 31.8 Å². The van der Waals surface area contributed by atoms with Gasteiger partial charge in [-0.15, -0.1) is 0 Å². The van der Waals surface area contributed by atoms with Crippen molar-refractivity contribution in [3.05, 3.63) is 180 Å². The molecule has 2 N–H and O–H groups in total. The number of para-hydroxylation sites is 1. The zero-order chi connectivity index (χ0) is 38.6. The normalized spacial score (nSPS) is 18.6. The van der Waals surface area contributed by atoms with E-state index < -0.39 is 56.2 Å². The molecule has 0 aromatic heterocycles. The smallest absolute Gasteiger partial charge is 0.395 e. The van der Waals surface area contributed by atoms with Crippen LogP contribution in [0.25, 0.3) is 22.3 Å². The maximum atomic E-state index is 15.1. The van der Waals surface area contributed by atoms with Crippen LogP contribution >= 0.6 is 7.82 Å². The number of rotatable bonds is 13. The molecule has 1 unspecified atom stereocenters. The Morgan fingerprint density at radius 2 is 1.02 bits per heavy atom. The highest BCUT2D eigenvalue weighted by atomic mass is 31.2. The molecule has 6 aromatic rings. The molecule has 4 atom stereocenters. The third kappa shape index (κ3) is 8.32. The molecular formula is C43H33F2O9P. The Hall–Kier alpha value is -5.81. The quantitative estimate of drug-likeness (QED) is 0.0877. The van der Waals surface area contributed by atoms with Crippen molar-refractivity contribution in [3.63, 3.8) is 0 Å². The Balaban J connectivity index is 1.26. The number of phosphoric acid groups is 1. The lowest BCUT2D eigenvalue weighted by molar-refractivity contribution is -0.190. The molecule has 7 rings (SSSR count). The molecule has 1 saturated heterocycles. The molecule has 0 aliphatic carbocycles. The summed E-state index contributed by atoms with van der Waals surface area (Å²) < 4.78 is 66.0. The van der Waals surface area contributed by atoms with Gasteiger partial charge >= 0.3 is 13.7 Å². The van der Waals surface area contributed by atoms with E-state index in [1.54, 1.807) is 54.6 Å². The molecule has 0 amide bonds. The lowest BCUT2D eigenvalue weighted by Crippen LogP contribution is -2.41. The van der Waals surface area contributed by atoms with Gasteiger partial charge in [0.15, 0.2) is 17.7 Å². The van der Waals surface area contributed by atoms with Crippen LogP contribution in [-0.2, 0) is 13.8 Å². The Morgan fingerprint density at radius 3 is 1.45 bits per heavy atom. The minimum Gasteiger partial charge on any atom is -0.395 e. The minimum absolute atomic E-state index is 0.0568. The number of phosphoric ester groups is 1. The summed E-state index contributed by atoms with van der Waals surface area (Å²) in [7, 11) is -5.20. The second-order valence-electron chi connectivity index (χ2n) is 12.6. The zero-order valence-corrected chi connectivity index (χ0v) is 29.8. The summed E-state index contributed by atoms with van der Waals surface area (Å²) in [5.74, 6) is -5.71. The number of ether oxygens (including phenoxy) is 1. The summed E-state index contributed by atoms with van der Waals surface area (Å²) in [5.41, 5.74) is 3.99. The third-order valence-electron chi connectivity index (χ3n) is 8.88. The van der Waals surface area contributed by atoms with Crippen LogP contribution in [0.2, 0.25) is 0 Å². The Kier molecular flexibility index (Phi) is 10.8. The average molecular weight is 763 g/mol. The van der Waals surface area contributed by atoms with E-state index in [2.05, 4.69) is 0 Å². The molecule has 0 saturated carbocycles. The van der Waals surface area contributed by atoms with Crippen molar-refractivity contribution in [1.29, 1.82) is 0 Å². The average Bonchev–Trinajstić information content (AvgIpc) is 3.43. The van der Waals surface area contributed by atoms with E-state index in [0.717, 1.165) is 22.3 Å². The van der Waals surface area contributed by atoms with Crippen molar-refractivity contribution in [3.8, 4) is 33.8 Å². The van der Waals surface area contributed by atoms with Crippen LogP contribution in [0.3, 0.4) is 0 Å². The van der Waals surface area contributed by atoms with E-state index in [0.29, 0.717) is 0 Å². The van der Waals surface area contributed by atoms with Gasteiger partial charge in [0.25, 0.3) is 0 Å². The van der Waals surface area contributed by atoms with Crippen molar-refractivity contribution in [2.75, 3.05) is 6.61 Å². The first kappa shape index (κ1) is 37.5. The highest BCUT2D eigenvalue weighted by Crippen LogP contribution is 2.54. The van der Waals surface area contributed by atoms with Crippen molar-refractivity contribution < 1.29 is 51.5 Å². The third-order valence-corrected chi connectivity index (χ3v) is 10.2. The van der Waals surface area contributed by atoms with Gasteiger partial charge in [0.05, 0.1) is 6.61 Å². The maximum Gasteiger partial charge on any atom is 0.590 e. The van der Waals surface area contributed by atoms with Gasteiger partial charge in [-0.05, 0) is 52.6 Å². The topological polar surface area (TPSA) is 129 Å². The second-order valence-corrected chi connectivity index (χ2v) is 14.1. The highest BCUT2D eigenvalue weighted by molar-refractivity contribution is 7.49.